The summed E-state index contributed by atoms with van der Waals surface area (Å²) in [6, 6.07) is 0.123. The fraction of sp³-hybridized carbons (Fsp3) is 0.786. The van der Waals surface area contributed by atoms with Crippen molar-refractivity contribution in [2.75, 3.05) is 13.6 Å². The van der Waals surface area contributed by atoms with Crippen LogP contribution in [0.15, 0.2) is 12.2 Å². The van der Waals surface area contributed by atoms with Gasteiger partial charge >= 0.3 is 6.09 Å². The Hall–Kier alpha value is -1.03. The molecule has 0 aromatic carbocycles. The van der Waals surface area contributed by atoms with Crippen LogP contribution in [0.3, 0.4) is 0 Å². The summed E-state index contributed by atoms with van der Waals surface area (Å²) >= 11 is 0. The topological polar surface area (TPSA) is 50.4 Å². The van der Waals surface area contributed by atoms with Crippen molar-refractivity contribution in [1.29, 1.82) is 0 Å². The lowest BCUT2D eigenvalue weighted by atomic mass is 9.99. The molecule has 2 atom stereocenters. The lowest BCUT2D eigenvalue weighted by molar-refractivity contribution is 0.0499. The Bertz CT molecular complexity index is 295. The van der Waals surface area contributed by atoms with Crippen molar-refractivity contribution < 1.29 is 9.53 Å². The minimum Gasteiger partial charge on any atom is -0.444 e. The van der Waals surface area contributed by atoms with Crippen molar-refractivity contribution in [2.45, 2.75) is 51.7 Å². The Labute approximate surface area is 110 Å². The van der Waals surface area contributed by atoms with E-state index in [0.717, 1.165) is 19.4 Å². The van der Waals surface area contributed by atoms with Crippen LogP contribution in [0.1, 0.15) is 40.0 Å². The number of carbonyl (C=O) groups is 1. The molecule has 0 bridgehead atoms. The zero-order valence-electron chi connectivity index (χ0n) is 12.0. The van der Waals surface area contributed by atoms with Gasteiger partial charge in [-0.15, -0.1) is 0 Å². The van der Waals surface area contributed by atoms with Gasteiger partial charge in [0.05, 0.1) is 0 Å². The normalized spacial score (nSPS) is 20.8. The van der Waals surface area contributed by atoms with E-state index < -0.39 is 5.60 Å². The molecule has 0 aromatic heterocycles. The Kier molecular flexibility index (Phi) is 5.66. The fourth-order valence-electron chi connectivity index (χ4n) is 2.17. The largest absolute Gasteiger partial charge is 0.444 e. The summed E-state index contributed by atoms with van der Waals surface area (Å²) in [4.78, 5) is 11.7. The molecule has 1 aliphatic carbocycles. The molecule has 18 heavy (non-hydrogen) atoms. The molecule has 4 nitrogen and oxygen atoms in total. The quantitative estimate of drug-likeness (QED) is 0.741. The molecule has 0 saturated heterocycles. The number of ether oxygens (including phenoxy) is 1. The maximum atomic E-state index is 11.7. The molecule has 0 aliphatic heterocycles. The lowest BCUT2D eigenvalue weighted by Gasteiger charge is -2.24. The highest BCUT2D eigenvalue weighted by atomic mass is 16.6. The summed E-state index contributed by atoms with van der Waals surface area (Å²) in [6.07, 6.45) is 7.45. The van der Waals surface area contributed by atoms with Gasteiger partial charge in [-0.25, -0.2) is 4.79 Å². The predicted octanol–water partition coefficient (Wildman–Crippen LogP) is 2.46. The molecular formula is C14H26N2O2. The standard InChI is InChI=1S/C14H26N2O2/c1-14(2,3)18-13(17)16-12(10-15-4)9-11-7-5-6-8-11/h5,7,11-12,15H,6,8-10H2,1-4H3,(H,16,17)/t11?,12-/m0/s1. The van der Waals surface area contributed by atoms with Crippen molar-refractivity contribution in [3.63, 3.8) is 0 Å². The van der Waals surface area contributed by atoms with Gasteiger partial charge in [-0.2, -0.15) is 0 Å². The molecular weight excluding hydrogens is 228 g/mol. The fourth-order valence-corrected chi connectivity index (χ4v) is 2.17. The highest BCUT2D eigenvalue weighted by Crippen LogP contribution is 2.21. The van der Waals surface area contributed by atoms with Crippen molar-refractivity contribution in [3.8, 4) is 0 Å². The number of nitrogens with one attached hydrogen (secondary N) is 2. The molecule has 1 rings (SSSR count). The Balaban J connectivity index is 2.41. The minimum absolute atomic E-state index is 0.123. The van der Waals surface area contributed by atoms with Crippen LogP contribution in [-0.4, -0.2) is 31.3 Å². The van der Waals surface area contributed by atoms with Crippen LogP contribution in [0.25, 0.3) is 0 Å². The van der Waals surface area contributed by atoms with Gasteiger partial charge in [0.25, 0.3) is 0 Å². The average molecular weight is 254 g/mol. The first-order valence-corrected chi connectivity index (χ1v) is 6.71. The Morgan fingerprint density at radius 1 is 1.50 bits per heavy atom. The third kappa shape index (κ3) is 6.05. The number of likely N-dealkylation sites (N-methyl/N-ethyl adjacent to an activating group) is 1. The van der Waals surface area contributed by atoms with Gasteiger partial charge in [-0.3, -0.25) is 0 Å². The van der Waals surface area contributed by atoms with E-state index in [1.807, 2.05) is 27.8 Å². The monoisotopic (exact) mass is 254 g/mol. The molecule has 1 aliphatic rings. The molecule has 0 heterocycles. The Morgan fingerprint density at radius 3 is 2.72 bits per heavy atom. The number of carbonyl (C=O) groups excluding carboxylic acids is 1. The second-order valence-corrected chi connectivity index (χ2v) is 5.90. The molecule has 1 unspecified atom stereocenters. The van der Waals surface area contributed by atoms with Gasteiger partial charge in [0.2, 0.25) is 0 Å². The molecule has 0 spiro atoms. The lowest BCUT2D eigenvalue weighted by Crippen LogP contribution is -2.44. The smallest absolute Gasteiger partial charge is 0.407 e. The molecule has 4 heteroatoms. The first-order valence-electron chi connectivity index (χ1n) is 6.71. The van der Waals surface area contributed by atoms with E-state index in [9.17, 15) is 4.79 Å². The number of hydrogen-bond acceptors (Lipinski definition) is 3. The van der Waals surface area contributed by atoms with Crippen molar-refractivity contribution >= 4 is 6.09 Å². The SMILES string of the molecule is CNC[C@H](CC1C=CCC1)NC(=O)OC(C)(C)C. The van der Waals surface area contributed by atoms with Crippen LogP contribution >= 0.6 is 0 Å². The van der Waals surface area contributed by atoms with Crippen LogP contribution in [0.4, 0.5) is 4.79 Å². The van der Waals surface area contributed by atoms with Gasteiger partial charge in [0, 0.05) is 12.6 Å². The summed E-state index contributed by atoms with van der Waals surface area (Å²) in [5.74, 6) is 0.582. The second kappa shape index (κ2) is 6.78. The van der Waals surface area contributed by atoms with Crippen LogP contribution in [0, 0.1) is 5.92 Å². The summed E-state index contributed by atoms with van der Waals surface area (Å²) in [6.45, 7) is 6.39. The average Bonchev–Trinajstić information content (AvgIpc) is 2.67. The van der Waals surface area contributed by atoms with Crippen LogP contribution in [0.2, 0.25) is 0 Å². The van der Waals surface area contributed by atoms with Crippen molar-refractivity contribution in [3.05, 3.63) is 12.2 Å². The number of rotatable bonds is 5. The van der Waals surface area contributed by atoms with E-state index in [1.165, 1.54) is 6.42 Å². The first-order chi connectivity index (χ1) is 8.40. The van der Waals surface area contributed by atoms with Gasteiger partial charge in [-0.1, -0.05) is 12.2 Å². The molecule has 0 radical (unpaired) electrons. The third-order valence-corrected chi connectivity index (χ3v) is 2.87. The highest BCUT2D eigenvalue weighted by Gasteiger charge is 2.21. The minimum atomic E-state index is -0.443. The van der Waals surface area contributed by atoms with E-state index in [4.69, 9.17) is 4.74 Å². The summed E-state index contributed by atoms with van der Waals surface area (Å²) in [5.41, 5.74) is -0.443. The van der Waals surface area contributed by atoms with E-state index in [0.29, 0.717) is 5.92 Å². The molecule has 104 valence electrons. The van der Waals surface area contributed by atoms with Gasteiger partial charge in [0.1, 0.15) is 5.60 Å². The third-order valence-electron chi connectivity index (χ3n) is 2.87. The summed E-state index contributed by atoms with van der Waals surface area (Å²) < 4.78 is 5.28. The molecule has 1 amide bonds. The Morgan fingerprint density at radius 2 is 2.22 bits per heavy atom. The number of amides is 1. The highest BCUT2D eigenvalue weighted by molar-refractivity contribution is 5.68. The zero-order valence-corrected chi connectivity index (χ0v) is 12.0. The first kappa shape index (κ1) is 15.0. The summed E-state index contributed by atoms with van der Waals surface area (Å²) in [5, 5.41) is 6.06. The molecule has 0 fully saturated rings. The van der Waals surface area contributed by atoms with Crippen LogP contribution in [-0.2, 0) is 4.74 Å². The van der Waals surface area contributed by atoms with Gasteiger partial charge in [0.15, 0.2) is 0 Å². The molecule has 2 N–H and O–H groups in total. The zero-order chi connectivity index (χ0) is 13.6. The van der Waals surface area contributed by atoms with E-state index in [2.05, 4.69) is 22.8 Å². The van der Waals surface area contributed by atoms with Gasteiger partial charge in [-0.05, 0) is 53.0 Å². The van der Waals surface area contributed by atoms with Gasteiger partial charge < -0.3 is 15.4 Å². The van der Waals surface area contributed by atoms with E-state index in [-0.39, 0.29) is 12.1 Å². The molecule has 0 saturated carbocycles. The number of alkyl carbamates (subject to hydrolysis) is 1. The van der Waals surface area contributed by atoms with Crippen molar-refractivity contribution in [1.82, 2.24) is 10.6 Å². The summed E-state index contributed by atoms with van der Waals surface area (Å²) in [7, 11) is 1.90. The van der Waals surface area contributed by atoms with Crippen LogP contribution in [0.5, 0.6) is 0 Å². The number of allylic oxidation sites excluding steroid dienone is 2. The van der Waals surface area contributed by atoms with Crippen LogP contribution < -0.4 is 10.6 Å². The molecule has 0 aromatic rings. The predicted molar refractivity (Wildman–Crippen MR) is 73.6 cm³/mol. The number of hydrogen-bond donors (Lipinski definition) is 2. The van der Waals surface area contributed by atoms with Crippen molar-refractivity contribution in [2.24, 2.45) is 5.92 Å². The second-order valence-electron chi connectivity index (χ2n) is 5.90. The van der Waals surface area contributed by atoms with E-state index in [1.54, 1.807) is 0 Å². The van der Waals surface area contributed by atoms with E-state index >= 15 is 0 Å². The maximum absolute atomic E-state index is 11.7. The maximum Gasteiger partial charge on any atom is 0.407 e.